The Labute approximate surface area is 117 Å². The molecule has 1 rings (SSSR count). The van der Waals surface area contributed by atoms with E-state index < -0.39 is 11.0 Å². The molecule has 1 aliphatic carbocycles. The first kappa shape index (κ1) is 16.5. The van der Waals surface area contributed by atoms with Gasteiger partial charge < -0.3 is 9.84 Å². The number of carbonyl (C=O) groups excluding carboxylic acids is 1. The van der Waals surface area contributed by atoms with Crippen LogP contribution in [0.15, 0.2) is 0 Å². The predicted octanol–water partition coefficient (Wildman–Crippen LogP) is 3.69. The highest BCUT2D eigenvalue weighted by molar-refractivity contribution is 5.82. The van der Waals surface area contributed by atoms with Crippen molar-refractivity contribution in [2.24, 2.45) is 11.3 Å². The van der Waals surface area contributed by atoms with E-state index in [4.69, 9.17) is 4.74 Å². The highest BCUT2D eigenvalue weighted by atomic mass is 16.5. The number of carbonyl (C=O) groups is 1. The van der Waals surface area contributed by atoms with Crippen LogP contribution >= 0.6 is 0 Å². The lowest BCUT2D eigenvalue weighted by Crippen LogP contribution is -2.45. The Hall–Kier alpha value is -0.570. The minimum atomic E-state index is -0.893. The number of ether oxygens (including phenoxy) is 1. The van der Waals surface area contributed by atoms with Crippen LogP contribution in [0.3, 0.4) is 0 Å². The first-order chi connectivity index (χ1) is 9.02. The minimum absolute atomic E-state index is 0.209. The van der Waals surface area contributed by atoms with Crippen LogP contribution < -0.4 is 0 Å². The zero-order valence-corrected chi connectivity index (χ0v) is 13.0. The van der Waals surface area contributed by atoms with Crippen LogP contribution in [0.25, 0.3) is 0 Å². The summed E-state index contributed by atoms with van der Waals surface area (Å²) >= 11 is 0. The Kier molecular flexibility index (Phi) is 5.84. The van der Waals surface area contributed by atoms with Gasteiger partial charge in [-0.05, 0) is 31.6 Å². The van der Waals surface area contributed by atoms with Gasteiger partial charge in [0, 0.05) is 0 Å². The van der Waals surface area contributed by atoms with Gasteiger partial charge in [0.25, 0.3) is 0 Å². The molecule has 0 aromatic carbocycles. The number of aliphatic hydroxyl groups is 1. The van der Waals surface area contributed by atoms with E-state index in [1.807, 2.05) is 13.8 Å². The molecule has 1 saturated carbocycles. The molecule has 112 valence electrons. The van der Waals surface area contributed by atoms with Crippen LogP contribution in [-0.2, 0) is 9.53 Å². The molecule has 19 heavy (non-hydrogen) atoms. The largest absolute Gasteiger partial charge is 0.468 e. The Balaban J connectivity index is 2.69. The molecule has 0 saturated heterocycles. The molecular formula is C16H30O3. The third-order valence-electron chi connectivity index (χ3n) is 5.06. The average molecular weight is 270 g/mol. The van der Waals surface area contributed by atoms with Gasteiger partial charge in [-0.15, -0.1) is 0 Å². The number of unbranched alkanes of at least 4 members (excludes halogenated alkanes) is 3. The minimum Gasteiger partial charge on any atom is -0.468 e. The Morgan fingerprint density at radius 1 is 1.26 bits per heavy atom. The first-order valence-corrected chi connectivity index (χ1v) is 7.83. The third kappa shape index (κ3) is 2.96. The lowest BCUT2D eigenvalue weighted by molar-refractivity contribution is -0.162. The van der Waals surface area contributed by atoms with Crippen molar-refractivity contribution >= 4 is 5.97 Å². The Morgan fingerprint density at radius 3 is 2.37 bits per heavy atom. The molecule has 1 fully saturated rings. The van der Waals surface area contributed by atoms with Crippen LogP contribution in [-0.4, -0.2) is 23.8 Å². The zero-order valence-electron chi connectivity index (χ0n) is 13.0. The normalized spacial score (nSPS) is 26.3. The Morgan fingerprint density at radius 2 is 1.89 bits per heavy atom. The summed E-state index contributed by atoms with van der Waals surface area (Å²) in [6.07, 6.45) is 7.92. The smallest absolute Gasteiger partial charge is 0.315 e. The van der Waals surface area contributed by atoms with Gasteiger partial charge in [0.15, 0.2) is 0 Å². The topological polar surface area (TPSA) is 46.5 Å². The zero-order chi connectivity index (χ0) is 14.5. The quantitative estimate of drug-likeness (QED) is 0.513. The monoisotopic (exact) mass is 270 g/mol. The summed E-state index contributed by atoms with van der Waals surface area (Å²) in [6, 6.07) is 0. The molecule has 2 atom stereocenters. The van der Waals surface area contributed by atoms with Crippen molar-refractivity contribution < 1.29 is 14.6 Å². The second kappa shape index (κ2) is 6.74. The lowest BCUT2D eigenvalue weighted by atomic mass is 9.77. The number of esters is 1. The van der Waals surface area contributed by atoms with Crippen LogP contribution in [0.5, 0.6) is 0 Å². The Bertz CT molecular complexity index is 296. The number of hydrogen-bond donors (Lipinski definition) is 1. The molecule has 0 bridgehead atoms. The predicted molar refractivity (Wildman–Crippen MR) is 76.8 cm³/mol. The summed E-state index contributed by atoms with van der Waals surface area (Å²) in [5, 5.41) is 10.8. The fraction of sp³-hybridized carbons (Fsp3) is 0.938. The molecule has 0 unspecified atom stereocenters. The van der Waals surface area contributed by atoms with Gasteiger partial charge in [-0.2, -0.15) is 0 Å². The lowest BCUT2D eigenvalue weighted by Gasteiger charge is -2.34. The molecular weight excluding hydrogens is 240 g/mol. The molecule has 0 aromatic rings. The fourth-order valence-electron chi connectivity index (χ4n) is 3.57. The van der Waals surface area contributed by atoms with E-state index in [9.17, 15) is 9.90 Å². The highest BCUT2D eigenvalue weighted by Crippen LogP contribution is 2.64. The maximum absolute atomic E-state index is 12.2. The number of hydrogen-bond acceptors (Lipinski definition) is 3. The number of rotatable bonds is 9. The standard InChI is InChI=1S/C16H30O3/c1-5-8-9-10-11-13-12-16(13,14(17)19-4)15(18,6-2)7-3/h13,18H,5-12H2,1-4H3/t13-,16-/m0/s1. The van der Waals surface area contributed by atoms with E-state index in [1.54, 1.807) is 0 Å². The van der Waals surface area contributed by atoms with Crippen molar-refractivity contribution in [2.45, 2.75) is 77.7 Å². The number of methoxy groups -OCH3 is 1. The van der Waals surface area contributed by atoms with Crippen molar-refractivity contribution in [1.82, 2.24) is 0 Å². The van der Waals surface area contributed by atoms with Crippen LogP contribution in [0.4, 0.5) is 0 Å². The summed E-state index contributed by atoms with van der Waals surface area (Å²) in [7, 11) is 1.43. The SMILES string of the molecule is CCCCCC[C@H]1C[C@]1(C(=O)OC)C(O)(CC)CC. The van der Waals surface area contributed by atoms with Gasteiger partial charge in [0.1, 0.15) is 0 Å². The summed E-state index contributed by atoms with van der Waals surface area (Å²) in [5.74, 6) is 0.0981. The second-order valence-electron chi connectivity index (χ2n) is 5.95. The van der Waals surface area contributed by atoms with E-state index in [0.29, 0.717) is 18.8 Å². The van der Waals surface area contributed by atoms with Crippen LogP contribution in [0, 0.1) is 11.3 Å². The van der Waals surface area contributed by atoms with Gasteiger partial charge in [-0.25, -0.2) is 0 Å². The van der Waals surface area contributed by atoms with E-state index in [0.717, 1.165) is 19.3 Å². The van der Waals surface area contributed by atoms with Gasteiger partial charge in [0.2, 0.25) is 0 Å². The fourth-order valence-corrected chi connectivity index (χ4v) is 3.57. The van der Waals surface area contributed by atoms with E-state index in [-0.39, 0.29) is 5.97 Å². The average Bonchev–Trinajstić information content (AvgIpc) is 3.18. The van der Waals surface area contributed by atoms with Crippen molar-refractivity contribution in [2.75, 3.05) is 7.11 Å². The maximum atomic E-state index is 12.2. The summed E-state index contributed by atoms with van der Waals surface area (Å²) < 4.78 is 4.99. The summed E-state index contributed by atoms with van der Waals surface area (Å²) in [4.78, 5) is 12.2. The van der Waals surface area contributed by atoms with Gasteiger partial charge in [-0.1, -0.05) is 46.5 Å². The van der Waals surface area contributed by atoms with Crippen molar-refractivity contribution in [3.8, 4) is 0 Å². The van der Waals surface area contributed by atoms with E-state index in [1.165, 1.54) is 26.4 Å². The van der Waals surface area contributed by atoms with Gasteiger partial charge in [-0.3, -0.25) is 4.79 Å². The van der Waals surface area contributed by atoms with Crippen LogP contribution in [0.1, 0.15) is 72.1 Å². The van der Waals surface area contributed by atoms with Gasteiger partial charge in [0.05, 0.1) is 18.1 Å². The van der Waals surface area contributed by atoms with Gasteiger partial charge >= 0.3 is 5.97 Å². The van der Waals surface area contributed by atoms with Crippen molar-refractivity contribution in [3.05, 3.63) is 0 Å². The molecule has 0 amide bonds. The third-order valence-corrected chi connectivity index (χ3v) is 5.06. The molecule has 0 spiro atoms. The molecule has 0 radical (unpaired) electrons. The molecule has 0 aromatic heterocycles. The van der Waals surface area contributed by atoms with Crippen molar-refractivity contribution in [1.29, 1.82) is 0 Å². The van der Waals surface area contributed by atoms with Crippen molar-refractivity contribution in [3.63, 3.8) is 0 Å². The molecule has 3 nitrogen and oxygen atoms in total. The van der Waals surface area contributed by atoms with Crippen LogP contribution in [0.2, 0.25) is 0 Å². The van der Waals surface area contributed by atoms with E-state index >= 15 is 0 Å². The summed E-state index contributed by atoms with van der Waals surface area (Å²) in [5.41, 5.74) is -1.52. The molecule has 0 aliphatic heterocycles. The maximum Gasteiger partial charge on any atom is 0.315 e. The molecule has 1 N–H and O–H groups in total. The van der Waals surface area contributed by atoms with E-state index in [2.05, 4.69) is 6.92 Å². The first-order valence-electron chi connectivity index (χ1n) is 7.83. The molecule has 0 heterocycles. The summed E-state index contributed by atoms with van der Waals surface area (Å²) in [6.45, 7) is 6.12. The second-order valence-corrected chi connectivity index (χ2v) is 5.95. The molecule has 3 heteroatoms. The molecule has 1 aliphatic rings. The highest BCUT2D eigenvalue weighted by Gasteiger charge is 2.69.